The van der Waals surface area contributed by atoms with Gasteiger partial charge in [-0.3, -0.25) is 9.59 Å². The monoisotopic (exact) mass is 364 g/mol. The molecule has 0 radical (unpaired) electrons. The SMILES string of the molecule is COc1cccc(/C=C/C(=O)NCc2cccc(C(=O)N3CCCC3)c2)c1. The van der Waals surface area contributed by atoms with Crippen LogP contribution in [0.2, 0.25) is 0 Å². The molecule has 0 bridgehead atoms. The third-order valence-corrected chi connectivity index (χ3v) is 4.55. The van der Waals surface area contributed by atoms with Gasteiger partial charge in [0.15, 0.2) is 0 Å². The lowest BCUT2D eigenvalue weighted by Gasteiger charge is -2.15. The van der Waals surface area contributed by atoms with Gasteiger partial charge in [0.1, 0.15) is 5.75 Å². The Kier molecular flexibility index (Phi) is 6.26. The zero-order chi connectivity index (χ0) is 19.1. The van der Waals surface area contributed by atoms with Gasteiger partial charge in [-0.05, 0) is 54.3 Å². The van der Waals surface area contributed by atoms with Crippen LogP contribution < -0.4 is 10.1 Å². The van der Waals surface area contributed by atoms with Crippen LogP contribution in [0, 0.1) is 0 Å². The van der Waals surface area contributed by atoms with Crippen molar-refractivity contribution in [1.29, 1.82) is 0 Å². The summed E-state index contributed by atoms with van der Waals surface area (Å²) < 4.78 is 5.17. The van der Waals surface area contributed by atoms with Crippen LogP contribution in [-0.4, -0.2) is 36.9 Å². The average molecular weight is 364 g/mol. The quantitative estimate of drug-likeness (QED) is 0.801. The lowest BCUT2D eigenvalue weighted by molar-refractivity contribution is -0.116. The van der Waals surface area contributed by atoms with Crippen molar-refractivity contribution in [2.24, 2.45) is 0 Å². The van der Waals surface area contributed by atoms with Crippen LogP contribution in [0.15, 0.2) is 54.6 Å². The molecule has 2 aromatic rings. The first kappa shape index (κ1) is 18.7. The van der Waals surface area contributed by atoms with Crippen molar-refractivity contribution in [3.63, 3.8) is 0 Å². The number of amides is 2. The van der Waals surface area contributed by atoms with Crippen molar-refractivity contribution in [2.45, 2.75) is 19.4 Å². The second-order valence-corrected chi connectivity index (χ2v) is 6.53. The molecule has 1 heterocycles. The number of carbonyl (C=O) groups excluding carboxylic acids is 2. The Hall–Kier alpha value is -3.08. The topological polar surface area (TPSA) is 58.6 Å². The molecule has 3 rings (SSSR count). The highest BCUT2D eigenvalue weighted by Crippen LogP contribution is 2.15. The first-order valence-corrected chi connectivity index (χ1v) is 9.14. The number of benzene rings is 2. The van der Waals surface area contributed by atoms with Gasteiger partial charge in [0, 0.05) is 31.3 Å². The molecule has 1 aliphatic heterocycles. The third-order valence-electron chi connectivity index (χ3n) is 4.55. The standard InChI is InChI=1S/C22H24N2O3/c1-27-20-9-5-6-17(15-20)10-11-21(25)23-16-18-7-4-8-19(14-18)22(26)24-12-2-3-13-24/h4-11,14-15H,2-3,12-13,16H2,1H3,(H,23,25)/b11-10+. The van der Waals surface area contributed by atoms with E-state index in [4.69, 9.17) is 4.74 Å². The Morgan fingerprint density at radius 1 is 1.11 bits per heavy atom. The van der Waals surface area contributed by atoms with Crippen molar-refractivity contribution >= 4 is 17.9 Å². The molecule has 0 spiro atoms. The van der Waals surface area contributed by atoms with Crippen molar-refractivity contribution in [2.75, 3.05) is 20.2 Å². The van der Waals surface area contributed by atoms with Crippen LogP contribution in [0.1, 0.15) is 34.3 Å². The predicted octanol–water partition coefficient (Wildman–Crippen LogP) is 3.26. The molecule has 1 N–H and O–H groups in total. The number of ether oxygens (including phenoxy) is 1. The Balaban J connectivity index is 1.56. The van der Waals surface area contributed by atoms with E-state index in [1.165, 1.54) is 6.08 Å². The average Bonchev–Trinajstić information content (AvgIpc) is 3.25. The summed E-state index contributed by atoms with van der Waals surface area (Å²) in [6.07, 6.45) is 5.38. The van der Waals surface area contributed by atoms with Gasteiger partial charge < -0.3 is 15.0 Å². The summed E-state index contributed by atoms with van der Waals surface area (Å²) in [7, 11) is 1.61. The first-order valence-electron chi connectivity index (χ1n) is 9.14. The Bertz CT molecular complexity index is 839. The molecule has 27 heavy (non-hydrogen) atoms. The predicted molar refractivity (Wildman–Crippen MR) is 105 cm³/mol. The fourth-order valence-corrected chi connectivity index (χ4v) is 3.08. The van der Waals surface area contributed by atoms with Gasteiger partial charge in [0.25, 0.3) is 5.91 Å². The number of likely N-dealkylation sites (tertiary alicyclic amines) is 1. The molecule has 2 aromatic carbocycles. The second kappa shape index (κ2) is 9.03. The minimum Gasteiger partial charge on any atom is -0.497 e. The van der Waals surface area contributed by atoms with E-state index in [1.807, 2.05) is 53.4 Å². The van der Waals surface area contributed by atoms with E-state index in [2.05, 4.69) is 5.32 Å². The Morgan fingerprint density at radius 2 is 1.89 bits per heavy atom. The van der Waals surface area contributed by atoms with Gasteiger partial charge in [-0.2, -0.15) is 0 Å². The fraction of sp³-hybridized carbons (Fsp3) is 0.273. The highest BCUT2D eigenvalue weighted by molar-refractivity contribution is 5.94. The van der Waals surface area contributed by atoms with Crippen LogP contribution in [0.4, 0.5) is 0 Å². The van der Waals surface area contributed by atoms with E-state index in [1.54, 1.807) is 13.2 Å². The maximum Gasteiger partial charge on any atom is 0.253 e. The van der Waals surface area contributed by atoms with E-state index < -0.39 is 0 Å². The summed E-state index contributed by atoms with van der Waals surface area (Å²) in [5.41, 5.74) is 2.47. The first-order chi connectivity index (χ1) is 13.2. The maximum atomic E-state index is 12.5. The molecule has 0 saturated carbocycles. The van der Waals surface area contributed by atoms with Crippen molar-refractivity contribution in [3.8, 4) is 5.75 Å². The lowest BCUT2D eigenvalue weighted by Crippen LogP contribution is -2.27. The van der Waals surface area contributed by atoms with E-state index in [-0.39, 0.29) is 11.8 Å². The molecule has 1 saturated heterocycles. The van der Waals surface area contributed by atoms with Gasteiger partial charge in [0.05, 0.1) is 7.11 Å². The van der Waals surface area contributed by atoms with Gasteiger partial charge in [-0.25, -0.2) is 0 Å². The molecular formula is C22H24N2O3. The zero-order valence-corrected chi connectivity index (χ0v) is 15.5. The molecule has 0 atom stereocenters. The molecule has 1 fully saturated rings. The number of hydrogen-bond acceptors (Lipinski definition) is 3. The zero-order valence-electron chi connectivity index (χ0n) is 15.5. The highest BCUT2D eigenvalue weighted by Gasteiger charge is 2.19. The largest absolute Gasteiger partial charge is 0.497 e. The second-order valence-electron chi connectivity index (χ2n) is 6.53. The molecule has 1 aliphatic rings. The summed E-state index contributed by atoms with van der Waals surface area (Å²) in [6.45, 7) is 2.03. The van der Waals surface area contributed by atoms with Gasteiger partial charge in [-0.15, -0.1) is 0 Å². The lowest BCUT2D eigenvalue weighted by atomic mass is 10.1. The van der Waals surface area contributed by atoms with Crippen LogP contribution in [0.3, 0.4) is 0 Å². The number of methoxy groups -OCH3 is 1. The summed E-state index contributed by atoms with van der Waals surface area (Å²) >= 11 is 0. The normalized spacial score (nSPS) is 13.7. The fourth-order valence-electron chi connectivity index (χ4n) is 3.08. The van der Waals surface area contributed by atoms with Crippen LogP contribution in [-0.2, 0) is 11.3 Å². The summed E-state index contributed by atoms with van der Waals surface area (Å²) in [5.74, 6) is 0.629. The third kappa shape index (κ3) is 5.20. The van der Waals surface area contributed by atoms with Crippen LogP contribution in [0.5, 0.6) is 5.75 Å². The summed E-state index contributed by atoms with van der Waals surface area (Å²) in [4.78, 5) is 26.4. The van der Waals surface area contributed by atoms with Crippen LogP contribution >= 0.6 is 0 Å². The van der Waals surface area contributed by atoms with Crippen molar-refractivity contribution in [1.82, 2.24) is 10.2 Å². The smallest absolute Gasteiger partial charge is 0.253 e. The number of nitrogens with one attached hydrogen (secondary N) is 1. The molecule has 0 aromatic heterocycles. The minimum absolute atomic E-state index is 0.0681. The molecule has 0 unspecified atom stereocenters. The molecule has 2 amide bonds. The van der Waals surface area contributed by atoms with Gasteiger partial charge >= 0.3 is 0 Å². The van der Waals surface area contributed by atoms with E-state index in [0.29, 0.717) is 12.1 Å². The van der Waals surface area contributed by atoms with Crippen LogP contribution in [0.25, 0.3) is 6.08 Å². The van der Waals surface area contributed by atoms with Gasteiger partial charge in [0.2, 0.25) is 5.91 Å². The molecule has 140 valence electrons. The van der Waals surface area contributed by atoms with Crippen molar-refractivity contribution < 1.29 is 14.3 Å². The van der Waals surface area contributed by atoms with Gasteiger partial charge in [-0.1, -0.05) is 24.3 Å². The molecule has 5 heteroatoms. The number of hydrogen-bond donors (Lipinski definition) is 1. The Morgan fingerprint density at radius 3 is 2.67 bits per heavy atom. The van der Waals surface area contributed by atoms with E-state index in [0.717, 1.165) is 42.8 Å². The number of nitrogens with zero attached hydrogens (tertiary/aromatic N) is 1. The minimum atomic E-state index is -0.186. The highest BCUT2D eigenvalue weighted by atomic mass is 16.5. The van der Waals surface area contributed by atoms with E-state index >= 15 is 0 Å². The molecular weight excluding hydrogens is 340 g/mol. The molecule has 5 nitrogen and oxygen atoms in total. The summed E-state index contributed by atoms with van der Waals surface area (Å²) in [6, 6.07) is 14.9. The molecule has 0 aliphatic carbocycles. The van der Waals surface area contributed by atoms with E-state index in [9.17, 15) is 9.59 Å². The number of carbonyl (C=O) groups is 2. The summed E-state index contributed by atoms with van der Waals surface area (Å²) in [5, 5.41) is 2.85. The maximum absolute atomic E-state index is 12.5. The Labute approximate surface area is 159 Å². The van der Waals surface area contributed by atoms with Crippen molar-refractivity contribution in [3.05, 3.63) is 71.3 Å². The number of rotatable bonds is 6.